The van der Waals surface area contributed by atoms with E-state index in [2.05, 4.69) is 40.3 Å². The van der Waals surface area contributed by atoms with E-state index in [4.69, 9.17) is 10.5 Å². The maximum absolute atomic E-state index is 9.15. The number of likely N-dealkylation sites (tertiary alicyclic amines) is 1. The maximum atomic E-state index is 9.15. The predicted octanol–water partition coefficient (Wildman–Crippen LogP) is 2.57. The lowest BCUT2D eigenvalue weighted by atomic mass is 10.1. The molecule has 1 fully saturated rings. The van der Waals surface area contributed by atoms with Crippen LogP contribution in [0.25, 0.3) is 0 Å². The molecule has 22 heavy (non-hydrogen) atoms. The summed E-state index contributed by atoms with van der Waals surface area (Å²) in [5.41, 5.74) is 1.21. The summed E-state index contributed by atoms with van der Waals surface area (Å²) >= 11 is 0. The fourth-order valence-electron chi connectivity index (χ4n) is 2.87. The first-order valence-electron chi connectivity index (χ1n) is 7.86. The number of anilines is 1. The molecule has 5 nitrogen and oxygen atoms in total. The summed E-state index contributed by atoms with van der Waals surface area (Å²) in [5, 5.41) is 21.2. The van der Waals surface area contributed by atoms with Crippen LogP contribution in [0, 0.1) is 41.4 Å². The van der Waals surface area contributed by atoms with Gasteiger partial charge in [-0.15, -0.1) is 0 Å². The molecule has 0 radical (unpaired) electrons. The molecule has 0 bridgehead atoms. The smallest absolute Gasteiger partial charge is 0.126 e. The van der Waals surface area contributed by atoms with E-state index in [1.165, 1.54) is 5.56 Å². The number of nitriles is 2. The van der Waals surface area contributed by atoms with E-state index < -0.39 is 0 Å². The molecule has 0 aromatic carbocycles. The molecule has 0 aliphatic carbocycles. The van der Waals surface area contributed by atoms with Gasteiger partial charge in [0, 0.05) is 32.3 Å². The van der Waals surface area contributed by atoms with E-state index >= 15 is 0 Å². The third-order valence-corrected chi connectivity index (χ3v) is 4.12. The molecule has 0 saturated carbocycles. The van der Waals surface area contributed by atoms with Gasteiger partial charge in [-0.05, 0) is 49.9 Å². The van der Waals surface area contributed by atoms with Crippen molar-refractivity contribution in [2.75, 3.05) is 31.5 Å². The topological polar surface area (TPSA) is 75.7 Å². The van der Waals surface area contributed by atoms with Gasteiger partial charge in [-0.25, -0.2) is 4.98 Å². The number of aromatic nitrogens is 1. The lowest BCUT2D eigenvalue weighted by Crippen LogP contribution is -2.28. The maximum Gasteiger partial charge on any atom is 0.126 e. The van der Waals surface area contributed by atoms with Crippen LogP contribution >= 0.6 is 0 Å². The highest BCUT2D eigenvalue weighted by Gasteiger charge is 2.24. The van der Waals surface area contributed by atoms with Crippen molar-refractivity contribution in [3.05, 3.63) is 23.9 Å². The first-order valence-corrected chi connectivity index (χ1v) is 7.86. The van der Waals surface area contributed by atoms with Crippen molar-refractivity contribution in [3.8, 4) is 12.1 Å². The van der Waals surface area contributed by atoms with Crippen LogP contribution in [0.3, 0.4) is 0 Å². The Morgan fingerprint density at radius 3 is 3.09 bits per heavy atom. The second-order valence-electron chi connectivity index (χ2n) is 6.04. The van der Waals surface area contributed by atoms with Gasteiger partial charge in [0.15, 0.2) is 0 Å². The number of aryl methyl sites for hydroxylation is 1. The minimum Gasteiger partial charge on any atom is -0.370 e. The quantitative estimate of drug-likeness (QED) is 0.837. The number of hydrogen-bond acceptors (Lipinski definition) is 5. The van der Waals surface area contributed by atoms with E-state index in [0.29, 0.717) is 18.8 Å². The Kier molecular flexibility index (Phi) is 6.18. The highest BCUT2D eigenvalue weighted by atomic mass is 15.2. The molecule has 1 aliphatic heterocycles. The van der Waals surface area contributed by atoms with Gasteiger partial charge in [-0.2, -0.15) is 10.5 Å². The average molecular weight is 297 g/mol. The number of hydrogen-bond donors (Lipinski definition) is 1. The Hall–Kier alpha value is -2.11. The Bertz CT molecular complexity index is 557. The summed E-state index contributed by atoms with van der Waals surface area (Å²) in [6, 6.07) is 8.49. The molecule has 0 spiro atoms. The minimum atomic E-state index is -0.0233. The van der Waals surface area contributed by atoms with Crippen LogP contribution in [0.5, 0.6) is 0 Å². The van der Waals surface area contributed by atoms with Gasteiger partial charge in [0.2, 0.25) is 0 Å². The zero-order valence-corrected chi connectivity index (χ0v) is 13.1. The highest BCUT2D eigenvalue weighted by Crippen LogP contribution is 2.19. The number of nitrogens with zero attached hydrogens (tertiary/aromatic N) is 4. The Morgan fingerprint density at radius 2 is 2.36 bits per heavy atom. The number of pyridine rings is 1. The molecule has 1 saturated heterocycles. The number of rotatable bonds is 7. The lowest BCUT2D eigenvalue weighted by molar-refractivity contribution is 0.290. The van der Waals surface area contributed by atoms with Crippen LogP contribution in [-0.4, -0.2) is 36.1 Å². The van der Waals surface area contributed by atoms with Crippen molar-refractivity contribution in [3.63, 3.8) is 0 Å². The van der Waals surface area contributed by atoms with Crippen LogP contribution in [0.4, 0.5) is 5.82 Å². The van der Waals surface area contributed by atoms with E-state index in [1.54, 1.807) is 0 Å². The van der Waals surface area contributed by atoms with Crippen molar-refractivity contribution in [2.24, 2.45) is 11.8 Å². The number of nitrogens with one attached hydrogen (secondary N) is 1. The van der Waals surface area contributed by atoms with Crippen molar-refractivity contribution in [2.45, 2.75) is 26.2 Å². The van der Waals surface area contributed by atoms with Gasteiger partial charge in [-0.3, -0.25) is 0 Å². The molecule has 116 valence electrons. The molecular formula is C17H23N5. The average Bonchev–Trinajstić information content (AvgIpc) is 2.97. The molecule has 1 aromatic rings. The molecule has 1 aromatic heterocycles. The molecule has 1 aliphatic rings. The van der Waals surface area contributed by atoms with Gasteiger partial charge in [0.05, 0.1) is 18.1 Å². The monoisotopic (exact) mass is 297 g/mol. The molecule has 2 atom stereocenters. The zero-order valence-electron chi connectivity index (χ0n) is 13.1. The SMILES string of the molecule is Cc1ccnc(NC[C@H]2CCN(C[C@H](C#N)CCC#N)C2)c1. The van der Waals surface area contributed by atoms with Gasteiger partial charge < -0.3 is 10.2 Å². The second kappa shape index (κ2) is 8.36. The Morgan fingerprint density at radius 1 is 1.50 bits per heavy atom. The van der Waals surface area contributed by atoms with E-state index in [9.17, 15) is 0 Å². The Labute approximate surface area is 132 Å². The summed E-state index contributed by atoms with van der Waals surface area (Å²) in [5.74, 6) is 1.50. The lowest BCUT2D eigenvalue weighted by Gasteiger charge is -2.19. The highest BCUT2D eigenvalue weighted by molar-refractivity contribution is 5.36. The fourth-order valence-corrected chi connectivity index (χ4v) is 2.87. The zero-order chi connectivity index (χ0) is 15.8. The van der Waals surface area contributed by atoms with Crippen molar-refractivity contribution in [1.29, 1.82) is 10.5 Å². The molecule has 1 N–H and O–H groups in total. The Balaban J connectivity index is 1.73. The van der Waals surface area contributed by atoms with Crippen LogP contribution in [-0.2, 0) is 0 Å². The molecule has 2 heterocycles. The fraction of sp³-hybridized carbons (Fsp3) is 0.588. The molecule has 2 rings (SSSR count). The minimum absolute atomic E-state index is 0.0233. The summed E-state index contributed by atoms with van der Waals surface area (Å²) < 4.78 is 0. The summed E-state index contributed by atoms with van der Waals surface area (Å²) in [7, 11) is 0. The first kappa shape index (κ1) is 16.3. The van der Waals surface area contributed by atoms with E-state index in [-0.39, 0.29) is 5.92 Å². The molecule has 5 heteroatoms. The summed E-state index contributed by atoms with van der Waals surface area (Å²) in [6.45, 7) is 5.83. The molecule has 0 unspecified atom stereocenters. The van der Waals surface area contributed by atoms with Gasteiger partial charge in [-0.1, -0.05) is 0 Å². The van der Waals surface area contributed by atoms with Crippen molar-refractivity contribution in [1.82, 2.24) is 9.88 Å². The molecular weight excluding hydrogens is 274 g/mol. The van der Waals surface area contributed by atoms with E-state index in [0.717, 1.165) is 38.4 Å². The van der Waals surface area contributed by atoms with Crippen LogP contribution in [0.15, 0.2) is 18.3 Å². The van der Waals surface area contributed by atoms with E-state index in [1.807, 2.05) is 12.3 Å². The van der Waals surface area contributed by atoms with Gasteiger partial charge in [0.1, 0.15) is 5.82 Å². The standard InChI is InChI=1S/C17H23N5/c1-14-4-7-20-17(9-14)21-11-16-5-8-22(13-16)12-15(10-19)3-2-6-18/h4,7,9,15-16H,2-3,5,8,11-13H2,1H3,(H,20,21)/t15-,16+/m0/s1. The van der Waals surface area contributed by atoms with Crippen LogP contribution in [0.1, 0.15) is 24.8 Å². The van der Waals surface area contributed by atoms with Crippen molar-refractivity contribution >= 4 is 5.82 Å². The van der Waals surface area contributed by atoms with Crippen LogP contribution < -0.4 is 5.32 Å². The van der Waals surface area contributed by atoms with Crippen molar-refractivity contribution < 1.29 is 0 Å². The summed E-state index contributed by atoms with van der Waals surface area (Å²) in [6.07, 6.45) is 4.12. The van der Waals surface area contributed by atoms with Gasteiger partial charge >= 0.3 is 0 Å². The first-order chi connectivity index (χ1) is 10.7. The third kappa shape index (κ3) is 5.02. The second-order valence-corrected chi connectivity index (χ2v) is 6.04. The van der Waals surface area contributed by atoms with Crippen LogP contribution in [0.2, 0.25) is 0 Å². The third-order valence-electron chi connectivity index (χ3n) is 4.12. The normalized spacial score (nSPS) is 19.3. The van der Waals surface area contributed by atoms with Gasteiger partial charge in [0.25, 0.3) is 0 Å². The predicted molar refractivity (Wildman–Crippen MR) is 86.0 cm³/mol. The molecule has 0 amide bonds. The largest absolute Gasteiger partial charge is 0.370 e. The summed E-state index contributed by atoms with van der Waals surface area (Å²) in [4.78, 5) is 6.67.